The molecule has 0 saturated heterocycles. The third kappa shape index (κ3) is 10.1. The fraction of sp³-hybridized carbons (Fsp3) is 0.765. The molecule has 0 bridgehead atoms. The lowest BCUT2D eigenvalue weighted by atomic mass is 9.87. The van der Waals surface area contributed by atoms with Gasteiger partial charge in [0.2, 0.25) is 0 Å². The summed E-state index contributed by atoms with van der Waals surface area (Å²) in [4.78, 5) is 44.8. The lowest BCUT2D eigenvalue weighted by Crippen LogP contribution is -2.16. The van der Waals surface area contributed by atoms with E-state index in [4.69, 9.17) is 0 Å². The molecule has 0 radical (unpaired) electrons. The molecule has 0 atom stereocenters. The van der Waals surface area contributed by atoms with Crippen molar-refractivity contribution in [2.75, 3.05) is 0 Å². The Hall–Kier alpha value is -1.32. The Bertz CT molecular complexity index is 344. The maximum Gasteiger partial charge on any atom is 0.132 e. The van der Waals surface area contributed by atoms with Gasteiger partial charge in [-0.05, 0) is 19.3 Å². The minimum Gasteiger partial charge on any atom is -0.303 e. The van der Waals surface area contributed by atoms with Gasteiger partial charge in [0.05, 0.1) is 0 Å². The summed E-state index contributed by atoms with van der Waals surface area (Å²) < 4.78 is 0. The molecule has 0 unspecified atom stereocenters. The summed E-state index contributed by atoms with van der Waals surface area (Å²) in [7, 11) is 0. The van der Waals surface area contributed by atoms with Gasteiger partial charge in [-0.2, -0.15) is 0 Å². The quantitative estimate of drug-likeness (QED) is 0.518. The van der Waals surface area contributed by atoms with Crippen LogP contribution in [0.15, 0.2) is 0 Å². The van der Waals surface area contributed by atoms with Crippen molar-refractivity contribution < 1.29 is 19.2 Å². The van der Waals surface area contributed by atoms with E-state index in [0.29, 0.717) is 44.9 Å². The smallest absolute Gasteiger partial charge is 0.132 e. The highest BCUT2D eigenvalue weighted by Crippen LogP contribution is 2.21. The molecule has 0 aliphatic rings. The van der Waals surface area contributed by atoms with E-state index in [1.807, 2.05) is 27.7 Å². The molecular formula is C17H28O4. The summed E-state index contributed by atoms with van der Waals surface area (Å²) >= 11 is 0. The fourth-order valence-corrected chi connectivity index (χ4v) is 1.77. The second-order valence-electron chi connectivity index (χ2n) is 7.14. The van der Waals surface area contributed by atoms with Crippen molar-refractivity contribution in [3.63, 3.8) is 0 Å². The molecule has 0 heterocycles. The van der Waals surface area contributed by atoms with Crippen LogP contribution in [0.1, 0.15) is 72.6 Å². The van der Waals surface area contributed by atoms with Gasteiger partial charge >= 0.3 is 0 Å². The predicted octanol–water partition coefficient (Wildman–Crippen LogP) is 3.31. The Morgan fingerprint density at radius 1 is 0.714 bits per heavy atom. The number of carbonyl (C=O) groups is 4. The average molecular weight is 296 g/mol. The zero-order valence-electron chi connectivity index (χ0n) is 13.7. The summed E-state index contributed by atoms with van der Waals surface area (Å²) in [6, 6.07) is 0. The van der Waals surface area contributed by atoms with Crippen LogP contribution in [0, 0.1) is 10.8 Å². The molecule has 0 aromatic heterocycles. The van der Waals surface area contributed by atoms with Crippen molar-refractivity contribution in [2.24, 2.45) is 10.8 Å². The van der Waals surface area contributed by atoms with Crippen LogP contribution in [0.3, 0.4) is 0 Å². The SMILES string of the molecule is CC(C)(C=O)CCC(=O)CCCC(=O)CCC(C)(C)C=O. The Labute approximate surface area is 127 Å². The van der Waals surface area contributed by atoms with Gasteiger partial charge in [0, 0.05) is 36.5 Å². The van der Waals surface area contributed by atoms with Gasteiger partial charge in [-0.3, -0.25) is 9.59 Å². The number of rotatable bonds is 12. The number of Topliss-reactive ketones (excluding diaryl/α,β-unsaturated/α-hetero) is 2. The third-order valence-corrected chi connectivity index (χ3v) is 3.65. The maximum atomic E-state index is 11.7. The first-order valence-corrected chi connectivity index (χ1v) is 7.58. The molecule has 0 aromatic carbocycles. The van der Waals surface area contributed by atoms with Crippen LogP contribution in [0.4, 0.5) is 0 Å². The van der Waals surface area contributed by atoms with Crippen molar-refractivity contribution in [1.29, 1.82) is 0 Å². The van der Waals surface area contributed by atoms with Crippen LogP contribution in [0.2, 0.25) is 0 Å². The zero-order valence-corrected chi connectivity index (χ0v) is 13.7. The predicted molar refractivity (Wildman–Crippen MR) is 82.0 cm³/mol. The number of hydrogen-bond donors (Lipinski definition) is 0. The van der Waals surface area contributed by atoms with Gasteiger partial charge in [-0.25, -0.2) is 0 Å². The largest absolute Gasteiger partial charge is 0.303 e. The second-order valence-corrected chi connectivity index (χ2v) is 7.14. The summed E-state index contributed by atoms with van der Waals surface area (Å²) in [6.45, 7) is 7.24. The van der Waals surface area contributed by atoms with Crippen molar-refractivity contribution in [3.05, 3.63) is 0 Å². The Morgan fingerprint density at radius 3 is 1.33 bits per heavy atom. The molecule has 0 amide bonds. The van der Waals surface area contributed by atoms with Crippen molar-refractivity contribution >= 4 is 24.1 Å². The molecule has 0 saturated carbocycles. The van der Waals surface area contributed by atoms with E-state index in [-0.39, 0.29) is 11.6 Å². The van der Waals surface area contributed by atoms with Crippen molar-refractivity contribution in [2.45, 2.75) is 72.6 Å². The minimum absolute atomic E-state index is 0.103. The Kier molecular flexibility index (Phi) is 8.30. The maximum absolute atomic E-state index is 11.7. The molecule has 0 aromatic rings. The first-order chi connectivity index (χ1) is 9.62. The number of aldehydes is 2. The standard InChI is InChI=1S/C17H28O4/c1-16(2,12-18)10-8-14(20)6-5-7-15(21)9-11-17(3,4)13-19/h12-13H,5-11H2,1-4H3. The Morgan fingerprint density at radius 2 is 1.05 bits per heavy atom. The molecule has 0 spiro atoms. The Balaban J connectivity index is 3.84. The molecule has 4 heteroatoms. The highest BCUT2D eigenvalue weighted by Gasteiger charge is 2.19. The van der Waals surface area contributed by atoms with Gasteiger partial charge in [0.25, 0.3) is 0 Å². The van der Waals surface area contributed by atoms with E-state index in [1.165, 1.54) is 0 Å². The van der Waals surface area contributed by atoms with Crippen molar-refractivity contribution in [3.8, 4) is 0 Å². The first-order valence-electron chi connectivity index (χ1n) is 7.58. The molecule has 21 heavy (non-hydrogen) atoms. The van der Waals surface area contributed by atoms with Gasteiger partial charge in [0.1, 0.15) is 24.1 Å². The highest BCUT2D eigenvalue weighted by atomic mass is 16.1. The minimum atomic E-state index is -0.452. The molecule has 0 aliphatic heterocycles. The second kappa shape index (κ2) is 8.85. The lowest BCUT2D eigenvalue weighted by molar-refractivity contribution is -0.121. The first kappa shape index (κ1) is 19.7. The number of hydrogen-bond acceptors (Lipinski definition) is 4. The summed E-state index contributed by atoms with van der Waals surface area (Å²) in [6.07, 6.45) is 4.96. The van der Waals surface area contributed by atoms with Crippen LogP contribution >= 0.6 is 0 Å². The molecule has 4 nitrogen and oxygen atoms in total. The summed E-state index contributed by atoms with van der Waals surface area (Å²) in [5.74, 6) is 0.205. The van der Waals surface area contributed by atoms with Crippen molar-refractivity contribution in [1.82, 2.24) is 0 Å². The van der Waals surface area contributed by atoms with Crippen LogP contribution < -0.4 is 0 Å². The fourth-order valence-electron chi connectivity index (χ4n) is 1.77. The van der Waals surface area contributed by atoms with E-state index < -0.39 is 10.8 Å². The lowest BCUT2D eigenvalue weighted by Gasteiger charge is -2.16. The summed E-state index contributed by atoms with van der Waals surface area (Å²) in [5.41, 5.74) is -0.905. The van der Waals surface area contributed by atoms with Gasteiger partial charge in [-0.15, -0.1) is 0 Å². The van der Waals surface area contributed by atoms with Crippen LogP contribution in [0.25, 0.3) is 0 Å². The van der Waals surface area contributed by atoms with E-state index in [2.05, 4.69) is 0 Å². The molecule has 0 N–H and O–H groups in total. The van der Waals surface area contributed by atoms with E-state index >= 15 is 0 Å². The van der Waals surface area contributed by atoms with Gasteiger partial charge in [0.15, 0.2) is 0 Å². The highest BCUT2D eigenvalue weighted by molar-refractivity contribution is 5.81. The number of ketones is 2. The normalized spacial score (nSPS) is 12.0. The van der Waals surface area contributed by atoms with Gasteiger partial charge < -0.3 is 9.59 Å². The number of carbonyl (C=O) groups excluding carboxylic acids is 4. The van der Waals surface area contributed by atoms with E-state index in [1.54, 1.807) is 0 Å². The monoisotopic (exact) mass is 296 g/mol. The zero-order chi connectivity index (χ0) is 16.5. The topological polar surface area (TPSA) is 68.3 Å². The molecule has 0 fully saturated rings. The van der Waals surface area contributed by atoms with Crippen LogP contribution in [-0.2, 0) is 19.2 Å². The average Bonchev–Trinajstić information content (AvgIpc) is 2.43. The third-order valence-electron chi connectivity index (χ3n) is 3.65. The summed E-state index contributed by atoms with van der Waals surface area (Å²) in [5, 5.41) is 0. The molecular weight excluding hydrogens is 268 g/mol. The van der Waals surface area contributed by atoms with Crippen LogP contribution in [0.5, 0.6) is 0 Å². The van der Waals surface area contributed by atoms with Gasteiger partial charge in [-0.1, -0.05) is 27.7 Å². The molecule has 120 valence electrons. The molecule has 0 rings (SSSR count). The molecule has 0 aliphatic carbocycles. The van der Waals surface area contributed by atoms with E-state index in [9.17, 15) is 19.2 Å². The van der Waals surface area contributed by atoms with E-state index in [0.717, 1.165) is 12.6 Å². The van der Waals surface area contributed by atoms with Crippen LogP contribution in [-0.4, -0.2) is 24.1 Å².